The molecule has 0 aliphatic carbocycles. The van der Waals surface area contributed by atoms with Gasteiger partial charge in [0.15, 0.2) is 0 Å². The molecule has 1 amide bonds. The molecule has 2 aromatic heterocycles. The molecule has 41 heavy (non-hydrogen) atoms. The highest BCUT2D eigenvalue weighted by Crippen LogP contribution is 2.35. The molecule has 0 fully saturated rings. The highest BCUT2D eigenvalue weighted by Gasteiger charge is 2.22. The SMILES string of the molecule is CCOC(=O)CC(CNC(=O)OC(C)(C)C)c1cccc(Oc2ccnc3c2c(C)cn3COCCS(C)(C)C)c1. The third-order valence-electron chi connectivity index (χ3n) is 6.15. The molecule has 0 aliphatic heterocycles. The monoisotopic (exact) mass is 587 g/mol. The topological polar surface area (TPSA) is 101 Å². The van der Waals surface area contributed by atoms with E-state index in [1.807, 2.05) is 48.0 Å². The Bertz CT molecular complexity index is 1330. The fourth-order valence-corrected chi connectivity index (χ4v) is 4.86. The van der Waals surface area contributed by atoms with Crippen molar-refractivity contribution in [2.45, 2.75) is 59.3 Å². The molecule has 2 heterocycles. The van der Waals surface area contributed by atoms with E-state index in [-0.39, 0.29) is 31.5 Å². The number of carbonyl (C=O) groups is 2. The summed E-state index contributed by atoms with van der Waals surface area (Å²) in [4.78, 5) is 29.3. The fourth-order valence-electron chi connectivity index (χ4n) is 4.25. The molecule has 0 aliphatic rings. The Morgan fingerprint density at radius 2 is 1.90 bits per heavy atom. The van der Waals surface area contributed by atoms with Crippen LogP contribution in [0.5, 0.6) is 11.5 Å². The Balaban J connectivity index is 1.80. The molecule has 0 saturated heterocycles. The lowest BCUT2D eigenvalue weighted by Gasteiger charge is -2.24. The predicted octanol–water partition coefficient (Wildman–Crippen LogP) is 6.37. The minimum atomic E-state index is -0.624. The van der Waals surface area contributed by atoms with Crippen molar-refractivity contribution in [2.24, 2.45) is 0 Å². The number of aryl methyl sites for hydroxylation is 1. The number of rotatable bonds is 13. The summed E-state index contributed by atoms with van der Waals surface area (Å²) in [5.41, 5.74) is 2.04. The van der Waals surface area contributed by atoms with Crippen molar-refractivity contribution in [1.82, 2.24) is 14.9 Å². The zero-order chi connectivity index (χ0) is 30.2. The first kappa shape index (κ1) is 32.3. The van der Waals surface area contributed by atoms with Gasteiger partial charge in [-0.1, -0.05) is 12.1 Å². The quantitative estimate of drug-likeness (QED) is 0.183. The summed E-state index contributed by atoms with van der Waals surface area (Å²) in [6.07, 6.45) is 10.2. The second kappa shape index (κ2) is 14.1. The van der Waals surface area contributed by atoms with Gasteiger partial charge in [0.2, 0.25) is 0 Å². The Morgan fingerprint density at radius 3 is 2.59 bits per heavy atom. The van der Waals surface area contributed by atoms with Crippen LogP contribution in [0.4, 0.5) is 4.79 Å². The Kier molecular flexibility index (Phi) is 11.1. The molecule has 10 heteroatoms. The minimum Gasteiger partial charge on any atom is -0.466 e. The zero-order valence-corrected chi connectivity index (χ0v) is 26.4. The van der Waals surface area contributed by atoms with Crippen LogP contribution >= 0.6 is 10.0 Å². The number of esters is 1. The molecule has 9 nitrogen and oxygen atoms in total. The highest BCUT2D eigenvalue weighted by molar-refractivity contribution is 8.32. The van der Waals surface area contributed by atoms with Crippen LogP contribution in [-0.2, 0) is 25.7 Å². The Labute approximate surface area is 245 Å². The van der Waals surface area contributed by atoms with Crippen molar-refractivity contribution in [3.63, 3.8) is 0 Å². The van der Waals surface area contributed by atoms with E-state index in [1.165, 1.54) is 0 Å². The number of fused-ring (bicyclic) bond motifs is 1. The van der Waals surface area contributed by atoms with E-state index >= 15 is 0 Å². The molecule has 1 unspecified atom stereocenters. The lowest BCUT2D eigenvalue weighted by Crippen LogP contribution is -2.35. The number of nitrogens with one attached hydrogen (secondary N) is 1. The van der Waals surface area contributed by atoms with E-state index in [1.54, 1.807) is 33.9 Å². The summed E-state index contributed by atoms with van der Waals surface area (Å²) in [6.45, 7) is 10.8. The molecule has 1 N–H and O–H groups in total. The number of alkyl carbamates (subject to hydrolysis) is 1. The van der Waals surface area contributed by atoms with E-state index < -0.39 is 21.7 Å². The van der Waals surface area contributed by atoms with Gasteiger partial charge in [0.1, 0.15) is 29.5 Å². The van der Waals surface area contributed by atoms with Crippen LogP contribution in [0.3, 0.4) is 0 Å². The maximum Gasteiger partial charge on any atom is 0.407 e. The molecular formula is C31H45N3O6S. The summed E-state index contributed by atoms with van der Waals surface area (Å²) in [7, 11) is -0.615. The van der Waals surface area contributed by atoms with Gasteiger partial charge in [0, 0.05) is 30.6 Å². The van der Waals surface area contributed by atoms with Crippen molar-refractivity contribution >= 4 is 33.1 Å². The van der Waals surface area contributed by atoms with Crippen LogP contribution in [0, 0.1) is 6.92 Å². The molecule has 0 radical (unpaired) electrons. The Morgan fingerprint density at radius 1 is 1.15 bits per heavy atom. The number of hydrogen-bond acceptors (Lipinski definition) is 7. The molecular weight excluding hydrogens is 542 g/mol. The number of aromatic nitrogens is 2. The first-order chi connectivity index (χ1) is 19.3. The molecule has 1 atom stereocenters. The van der Waals surface area contributed by atoms with Crippen molar-refractivity contribution in [1.29, 1.82) is 0 Å². The Hall–Kier alpha value is -3.24. The second-order valence-corrected chi connectivity index (χ2v) is 16.5. The van der Waals surface area contributed by atoms with Gasteiger partial charge in [-0.25, -0.2) is 19.8 Å². The predicted molar refractivity (Wildman–Crippen MR) is 165 cm³/mol. The van der Waals surface area contributed by atoms with Crippen LogP contribution in [0.2, 0.25) is 0 Å². The highest BCUT2D eigenvalue weighted by atomic mass is 32.3. The molecule has 0 spiro atoms. The second-order valence-electron chi connectivity index (χ2n) is 11.9. The smallest absolute Gasteiger partial charge is 0.407 e. The van der Waals surface area contributed by atoms with Crippen LogP contribution in [-0.4, -0.2) is 71.5 Å². The van der Waals surface area contributed by atoms with Gasteiger partial charge in [0.25, 0.3) is 0 Å². The van der Waals surface area contributed by atoms with Gasteiger partial charge >= 0.3 is 12.1 Å². The van der Waals surface area contributed by atoms with Crippen molar-refractivity contribution < 1.29 is 28.5 Å². The lowest BCUT2D eigenvalue weighted by atomic mass is 9.95. The van der Waals surface area contributed by atoms with Gasteiger partial charge in [-0.3, -0.25) is 4.79 Å². The number of ether oxygens (including phenoxy) is 4. The number of pyridine rings is 1. The summed E-state index contributed by atoms with van der Waals surface area (Å²) in [6, 6.07) is 9.38. The van der Waals surface area contributed by atoms with Crippen molar-refractivity contribution in [3.05, 3.63) is 53.9 Å². The number of benzene rings is 1. The number of amides is 1. The van der Waals surface area contributed by atoms with Crippen LogP contribution in [0.15, 0.2) is 42.7 Å². The standard InChI is InChI=1S/C31H45N3O6S/c1-9-38-27(35)18-24(19-33-30(36)40-31(3,4)5)23-11-10-12-25(17-23)39-26-13-14-32-29-28(26)22(2)20-34(29)21-37-15-16-41(6,7)8/h10-14,17,20,24H,9,15-16,18-19,21H2,1-8H3,(H,33,36). The molecule has 0 bridgehead atoms. The van der Waals surface area contributed by atoms with Gasteiger partial charge in [-0.2, -0.15) is 0 Å². The average molecular weight is 588 g/mol. The summed E-state index contributed by atoms with van der Waals surface area (Å²) in [5.74, 6) is 1.66. The van der Waals surface area contributed by atoms with Crippen LogP contribution < -0.4 is 10.1 Å². The van der Waals surface area contributed by atoms with E-state index in [4.69, 9.17) is 18.9 Å². The minimum absolute atomic E-state index is 0.102. The van der Waals surface area contributed by atoms with Crippen LogP contribution in [0.1, 0.15) is 51.2 Å². The summed E-state index contributed by atoms with van der Waals surface area (Å²) in [5, 5.41) is 3.70. The zero-order valence-electron chi connectivity index (χ0n) is 25.6. The summed E-state index contributed by atoms with van der Waals surface area (Å²) >= 11 is 0. The van der Waals surface area contributed by atoms with Gasteiger partial charge in [0.05, 0.1) is 25.0 Å². The largest absolute Gasteiger partial charge is 0.466 e. The average Bonchev–Trinajstić information content (AvgIpc) is 3.19. The first-order valence-corrected chi connectivity index (χ1v) is 16.9. The van der Waals surface area contributed by atoms with Gasteiger partial charge in [-0.15, -0.1) is 0 Å². The van der Waals surface area contributed by atoms with Gasteiger partial charge in [-0.05, 0) is 82.7 Å². The molecule has 3 aromatic rings. The van der Waals surface area contributed by atoms with Crippen LogP contribution in [0.25, 0.3) is 11.0 Å². The third-order valence-corrected chi connectivity index (χ3v) is 7.54. The normalized spacial score (nSPS) is 13.1. The van der Waals surface area contributed by atoms with Crippen molar-refractivity contribution in [2.75, 3.05) is 44.3 Å². The number of nitrogens with zero attached hydrogens (tertiary/aromatic N) is 2. The van der Waals surface area contributed by atoms with E-state index in [0.29, 0.717) is 24.8 Å². The number of carbonyl (C=O) groups excluding carboxylic acids is 2. The maximum atomic E-state index is 12.4. The van der Waals surface area contributed by atoms with E-state index in [9.17, 15) is 9.59 Å². The molecule has 3 rings (SSSR count). The van der Waals surface area contributed by atoms with E-state index in [0.717, 1.165) is 27.9 Å². The first-order valence-electron chi connectivity index (χ1n) is 13.8. The molecule has 1 aromatic carbocycles. The van der Waals surface area contributed by atoms with Crippen molar-refractivity contribution in [3.8, 4) is 11.5 Å². The third kappa shape index (κ3) is 10.3. The number of hydrogen-bond donors (Lipinski definition) is 1. The maximum absolute atomic E-state index is 12.4. The molecule has 226 valence electrons. The van der Waals surface area contributed by atoms with Gasteiger partial charge < -0.3 is 28.8 Å². The molecule has 0 saturated carbocycles. The van der Waals surface area contributed by atoms with E-state index in [2.05, 4.69) is 29.1 Å². The fraction of sp³-hybridized carbons (Fsp3) is 0.516. The summed E-state index contributed by atoms with van der Waals surface area (Å²) < 4.78 is 24.9. The lowest BCUT2D eigenvalue weighted by molar-refractivity contribution is -0.143.